The number of hydrogen-bond acceptors (Lipinski definition) is 3. The van der Waals surface area contributed by atoms with Gasteiger partial charge in [-0.25, -0.2) is 4.98 Å². The molecule has 0 radical (unpaired) electrons. The predicted octanol–water partition coefficient (Wildman–Crippen LogP) is 3.43. The second kappa shape index (κ2) is 5.69. The minimum absolute atomic E-state index is 0.0612. The predicted molar refractivity (Wildman–Crippen MR) is 85.7 cm³/mol. The van der Waals surface area contributed by atoms with Crippen molar-refractivity contribution >= 4 is 28.1 Å². The number of nitrogens with zero attached hydrogens (tertiary/aromatic N) is 1. The fraction of sp³-hybridized carbons (Fsp3) is 0.250. The average molecular weight is 299 g/mol. The summed E-state index contributed by atoms with van der Waals surface area (Å²) in [7, 11) is 0. The lowest BCUT2D eigenvalue weighted by Gasteiger charge is -2.05. The van der Waals surface area contributed by atoms with E-state index in [2.05, 4.69) is 22.2 Å². The maximum atomic E-state index is 12.4. The number of aromatic amines is 1. The molecule has 3 aromatic rings. The molecule has 5 heteroatoms. The van der Waals surface area contributed by atoms with Gasteiger partial charge in [-0.1, -0.05) is 19.1 Å². The molecule has 4 nitrogen and oxygen atoms in total. The molecular weight excluding hydrogens is 282 g/mol. The monoisotopic (exact) mass is 299 g/mol. The van der Waals surface area contributed by atoms with Crippen molar-refractivity contribution in [2.45, 2.75) is 26.8 Å². The van der Waals surface area contributed by atoms with Crippen LogP contribution in [0.1, 0.15) is 32.9 Å². The molecular formula is C16H17N3OS. The molecule has 2 heterocycles. The second-order valence-electron chi connectivity index (χ2n) is 4.90. The molecule has 0 fully saturated rings. The van der Waals surface area contributed by atoms with E-state index in [0.717, 1.165) is 32.9 Å². The first-order valence-corrected chi connectivity index (χ1v) is 7.80. The van der Waals surface area contributed by atoms with Crippen LogP contribution in [0.15, 0.2) is 30.5 Å². The summed E-state index contributed by atoms with van der Waals surface area (Å²) in [5, 5.41) is 5.15. The van der Waals surface area contributed by atoms with Crippen molar-refractivity contribution in [2.75, 3.05) is 0 Å². The molecule has 108 valence electrons. The third-order valence-corrected chi connectivity index (χ3v) is 4.78. The highest BCUT2D eigenvalue weighted by Crippen LogP contribution is 2.19. The van der Waals surface area contributed by atoms with Gasteiger partial charge in [0.25, 0.3) is 5.91 Å². The number of hydrogen-bond donors (Lipinski definition) is 2. The molecule has 1 amide bonds. The molecule has 0 saturated carbocycles. The largest absolute Gasteiger partial charge is 0.361 e. The van der Waals surface area contributed by atoms with Crippen LogP contribution in [0.3, 0.4) is 0 Å². The number of amides is 1. The first-order chi connectivity index (χ1) is 10.2. The summed E-state index contributed by atoms with van der Waals surface area (Å²) in [5.41, 5.74) is 2.57. The van der Waals surface area contributed by atoms with Crippen LogP contribution in [0.2, 0.25) is 0 Å². The highest BCUT2D eigenvalue weighted by atomic mass is 32.1. The number of H-pyrrole nitrogens is 1. The van der Waals surface area contributed by atoms with Gasteiger partial charge in [0.2, 0.25) is 0 Å². The van der Waals surface area contributed by atoms with Crippen molar-refractivity contribution in [3.8, 4) is 0 Å². The first kappa shape index (κ1) is 13.8. The van der Waals surface area contributed by atoms with Crippen molar-refractivity contribution in [3.63, 3.8) is 0 Å². The number of aryl methyl sites for hydroxylation is 2. The molecule has 0 aliphatic rings. The van der Waals surface area contributed by atoms with Crippen LogP contribution in [0.25, 0.3) is 10.9 Å². The molecule has 0 saturated heterocycles. The molecule has 0 unspecified atom stereocenters. The Morgan fingerprint density at radius 2 is 2.24 bits per heavy atom. The van der Waals surface area contributed by atoms with Crippen molar-refractivity contribution < 1.29 is 4.79 Å². The van der Waals surface area contributed by atoms with E-state index in [1.165, 1.54) is 0 Å². The lowest BCUT2D eigenvalue weighted by molar-refractivity contribution is 0.0953. The van der Waals surface area contributed by atoms with Gasteiger partial charge in [0.05, 0.1) is 28.3 Å². The van der Waals surface area contributed by atoms with Crippen LogP contribution in [0.4, 0.5) is 0 Å². The SMILES string of the molecule is CCc1nc(C)c(CNC(=O)c2cccc3cc[nH]c23)s1. The van der Waals surface area contributed by atoms with E-state index >= 15 is 0 Å². The standard InChI is InChI=1S/C16H17N3OS/c1-3-14-19-10(2)13(21-14)9-18-16(20)12-6-4-5-11-7-8-17-15(11)12/h4-8,17H,3,9H2,1-2H3,(H,18,20). The van der Waals surface area contributed by atoms with Gasteiger partial charge >= 0.3 is 0 Å². The van der Waals surface area contributed by atoms with Crippen molar-refractivity contribution in [3.05, 3.63) is 51.6 Å². The molecule has 2 aromatic heterocycles. The van der Waals surface area contributed by atoms with Gasteiger partial charge in [0.15, 0.2) is 0 Å². The minimum atomic E-state index is -0.0612. The van der Waals surface area contributed by atoms with Crippen LogP contribution < -0.4 is 5.32 Å². The van der Waals surface area contributed by atoms with E-state index in [1.807, 2.05) is 37.4 Å². The first-order valence-electron chi connectivity index (χ1n) is 6.98. The summed E-state index contributed by atoms with van der Waals surface area (Å²) < 4.78 is 0. The van der Waals surface area contributed by atoms with Gasteiger partial charge in [0.1, 0.15) is 0 Å². The number of thiazole rings is 1. The Morgan fingerprint density at radius 3 is 3.00 bits per heavy atom. The van der Waals surface area contributed by atoms with Gasteiger partial charge in [0, 0.05) is 16.5 Å². The number of para-hydroxylation sites is 1. The second-order valence-corrected chi connectivity index (χ2v) is 6.07. The summed E-state index contributed by atoms with van der Waals surface area (Å²) in [6.07, 6.45) is 2.78. The quantitative estimate of drug-likeness (QED) is 0.775. The zero-order chi connectivity index (χ0) is 14.8. The Balaban J connectivity index is 1.77. The Kier molecular flexibility index (Phi) is 3.75. The average Bonchev–Trinajstić information content (AvgIpc) is 3.10. The Bertz CT molecular complexity index is 788. The maximum absolute atomic E-state index is 12.4. The van der Waals surface area contributed by atoms with E-state index < -0.39 is 0 Å². The van der Waals surface area contributed by atoms with Crippen LogP contribution in [0, 0.1) is 6.92 Å². The number of nitrogens with one attached hydrogen (secondary N) is 2. The van der Waals surface area contributed by atoms with Crippen LogP contribution in [-0.2, 0) is 13.0 Å². The van der Waals surface area contributed by atoms with Crippen molar-refractivity contribution in [1.82, 2.24) is 15.3 Å². The lowest BCUT2D eigenvalue weighted by atomic mass is 10.1. The number of carbonyl (C=O) groups is 1. The van der Waals surface area contributed by atoms with E-state index in [9.17, 15) is 4.79 Å². The fourth-order valence-corrected chi connectivity index (χ4v) is 3.28. The molecule has 2 N–H and O–H groups in total. The van der Waals surface area contributed by atoms with Gasteiger partial charge in [-0.3, -0.25) is 4.79 Å². The van der Waals surface area contributed by atoms with E-state index in [1.54, 1.807) is 11.3 Å². The Hall–Kier alpha value is -2.14. The molecule has 3 rings (SSSR count). The third-order valence-electron chi connectivity index (χ3n) is 3.48. The van der Waals surface area contributed by atoms with E-state index in [0.29, 0.717) is 12.1 Å². The number of aromatic nitrogens is 2. The number of benzene rings is 1. The van der Waals surface area contributed by atoms with Gasteiger partial charge in [-0.2, -0.15) is 0 Å². The minimum Gasteiger partial charge on any atom is -0.361 e. The lowest BCUT2D eigenvalue weighted by Crippen LogP contribution is -2.22. The summed E-state index contributed by atoms with van der Waals surface area (Å²) in [4.78, 5) is 21.1. The summed E-state index contributed by atoms with van der Waals surface area (Å²) in [6, 6.07) is 7.69. The van der Waals surface area contributed by atoms with E-state index in [4.69, 9.17) is 0 Å². The molecule has 0 aliphatic carbocycles. The van der Waals surface area contributed by atoms with E-state index in [-0.39, 0.29) is 5.91 Å². The highest BCUT2D eigenvalue weighted by molar-refractivity contribution is 7.11. The Morgan fingerprint density at radius 1 is 1.38 bits per heavy atom. The van der Waals surface area contributed by atoms with Crippen LogP contribution in [-0.4, -0.2) is 15.9 Å². The molecule has 0 spiro atoms. The summed E-state index contributed by atoms with van der Waals surface area (Å²) >= 11 is 1.67. The summed E-state index contributed by atoms with van der Waals surface area (Å²) in [6.45, 7) is 4.61. The zero-order valence-corrected chi connectivity index (χ0v) is 12.9. The normalized spacial score (nSPS) is 11.0. The number of carbonyl (C=O) groups excluding carboxylic acids is 1. The third kappa shape index (κ3) is 2.69. The maximum Gasteiger partial charge on any atom is 0.253 e. The highest BCUT2D eigenvalue weighted by Gasteiger charge is 2.12. The molecule has 0 bridgehead atoms. The van der Waals surface area contributed by atoms with Crippen molar-refractivity contribution in [2.24, 2.45) is 0 Å². The number of fused-ring (bicyclic) bond motifs is 1. The molecule has 0 aliphatic heterocycles. The molecule has 0 atom stereocenters. The van der Waals surface area contributed by atoms with Crippen LogP contribution in [0.5, 0.6) is 0 Å². The smallest absolute Gasteiger partial charge is 0.253 e. The van der Waals surface area contributed by atoms with Gasteiger partial charge < -0.3 is 10.3 Å². The van der Waals surface area contributed by atoms with Gasteiger partial charge in [-0.15, -0.1) is 11.3 Å². The van der Waals surface area contributed by atoms with Crippen molar-refractivity contribution in [1.29, 1.82) is 0 Å². The Labute approximate surface area is 127 Å². The van der Waals surface area contributed by atoms with Gasteiger partial charge in [-0.05, 0) is 25.5 Å². The molecule has 1 aromatic carbocycles. The fourth-order valence-electron chi connectivity index (χ4n) is 2.33. The number of rotatable bonds is 4. The molecule has 21 heavy (non-hydrogen) atoms. The topological polar surface area (TPSA) is 57.8 Å². The summed E-state index contributed by atoms with van der Waals surface area (Å²) in [5.74, 6) is -0.0612. The van der Waals surface area contributed by atoms with Crippen LogP contribution >= 0.6 is 11.3 Å². The zero-order valence-electron chi connectivity index (χ0n) is 12.1.